The van der Waals surface area contributed by atoms with Crippen molar-refractivity contribution >= 4 is 23.2 Å². The summed E-state index contributed by atoms with van der Waals surface area (Å²) < 4.78 is 0. The molecule has 4 nitrogen and oxygen atoms in total. The number of aliphatic hydroxyl groups is 1. The fraction of sp³-hybridized carbons (Fsp3) is 0.500. The first-order chi connectivity index (χ1) is 9.06. The van der Waals surface area contributed by atoms with Crippen LogP contribution in [0.3, 0.4) is 0 Å². The molecule has 1 fully saturated rings. The lowest BCUT2D eigenvalue weighted by Crippen LogP contribution is -2.42. The highest BCUT2D eigenvalue weighted by Gasteiger charge is 2.23. The number of hydrogen-bond donors (Lipinski definition) is 3. The van der Waals surface area contributed by atoms with Crippen molar-refractivity contribution in [1.29, 1.82) is 0 Å². The Hall–Kier alpha value is -1.26. The highest BCUT2D eigenvalue weighted by molar-refractivity contribution is 6.31. The number of halogens is 1. The van der Waals surface area contributed by atoms with Gasteiger partial charge in [0.2, 0.25) is 0 Å². The number of rotatable bonds is 2. The predicted molar refractivity (Wildman–Crippen MR) is 76.2 cm³/mol. The summed E-state index contributed by atoms with van der Waals surface area (Å²) in [5, 5.41) is 13.3. The zero-order valence-electron chi connectivity index (χ0n) is 10.7. The molecule has 0 heterocycles. The molecule has 0 bridgehead atoms. The van der Waals surface area contributed by atoms with Crippen molar-refractivity contribution in [3.63, 3.8) is 0 Å². The fourth-order valence-corrected chi connectivity index (χ4v) is 2.70. The van der Waals surface area contributed by atoms with Gasteiger partial charge >= 0.3 is 0 Å². The Kier molecular flexibility index (Phi) is 4.66. The van der Waals surface area contributed by atoms with Crippen molar-refractivity contribution < 1.29 is 9.90 Å². The Morgan fingerprint density at radius 1 is 1.26 bits per heavy atom. The zero-order chi connectivity index (χ0) is 13.8. The highest BCUT2D eigenvalue weighted by atomic mass is 35.5. The van der Waals surface area contributed by atoms with E-state index in [2.05, 4.69) is 5.32 Å². The van der Waals surface area contributed by atoms with Crippen LogP contribution < -0.4 is 11.1 Å². The van der Waals surface area contributed by atoms with Crippen LogP contribution in [0.5, 0.6) is 0 Å². The molecule has 1 aliphatic carbocycles. The fourth-order valence-electron chi connectivity index (χ4n) is 2.45. The molecule has 0 aromatic heterocycles. The van der Waals surface area contributed by atoms with Crippen LogP contribution in [-0.4, -0.2) is 23.2 Å². The van der Waals surface area contributed by atoms with Gasteiger partial charge in [0.05, 0.1) is 12.1 Å². The summed E-state index contributed by atoms with van der Waals surface area (Å²) >= 11 is 5.88. The second kappa shape index (κ2) is 6.26. The normalized spacial score (nSPS) is 23.7. The van der Waals surface area contributed by atoms with Crippen LogP contribution in [0.1, 0.15) is 42.5 Å². The predicted octanol–water partition coefficient (Wildman–Crippen LogP) is 2.35. The Balaban J connectivity index is 2.07. The molecule has 0 radical (unpaired) electrons. The number of aliphatic hydroxyl groups excluding tert-OH is 1. The molecule has 0 saturated heterocycles. The number of nitrogens with one attached hydrogen (secondary N) is 1. The Labute approximate surface area is 117 Å². The molecular formula is C14H19ClN2O2. The molecule has 1 aliphatic rings. The van der Waals surface area contributed by atoms with E-state index >= 15 is 0 Å². The van der Waals surface area contributed by atoms with Crippen LogP contribution in [0.4, 0.5) is 5.69 Å². The zero-order valence-corrected chi connectivity index (χ0v) is 11.5. The summed E-state index contributed by atoms with van der Waals surface area (Å²) in [6.45, 7) is 0. The van der Waals surface area contributed by atoms with Gasteiger partial charge in [0, 0.05) is 16.3 Å². The summed E-state index contributed by atoms with van der Waals surface area (Å²) in [5.74, 6) is -0.236. The van der Waals surface area contributed by atoms with Gasteiger partial charge in [-0.3, -0.25) is 4.79 Å². The van der Waals surface area contributed by atoms with Crippen molar-refractivity contribution in [3.05, 3.63) is 28.8 Å². The minimum absolute atomic E-state index is 0.185. The van der Waals surface area contributed by atoms with Crippen LogP contribution in [0.25, 0.3) is 0 Å². The Morgan fingerprint density at radius 2 is 2.00 bits per heavy atom. The van der Waals surface area contributed by atoms with Gasteiger partial charge in [0.1, 0.15) is 0 Å². The minimum Gasteiger partial charge on any atom is -0.399 e. The van der Waals surface area contributed by atoms with E-state index in [-0.39, 0.29) is 11.9 Å². The third kappa shape index (κ3) is 3.85. The lowest BCUT2D eigenvalue weighted by molar-refractivity contribution is 0.0819. The first-order valence-electron chi connectivity index (χ1n) is 6.61. The van der Waals surface area contributed by atoms with Gasteiger partial charge in [-0.15, -0.1) is 0 Å². The van der Waals surface area contributed by atoms with Crippen molar-refractivity contribution in [2.24, 2.45) is 0 Å². The maximum absolute atomic E-state index is 12.1. The second-order valence-corrected chi connectivity index (χ2v) is 5.49. The van der Waals surface area contributed by atoms with Gasteiger partial charge in [-0.1, -0.05) is 30.9 Å². The number of carbonyl (C=O) groups excluding carboxylic acids is 1. The molecular weight excluding hydrogens is 264 g/mol. The van der Waals surface area contributed by atoms with E-state index in [9.17, 15) is 9.90 Å². The van der Waals surface area contributed by atoms with E-state index in [4.69, 9.17) is 17.3 Å². The first-order valence-corrected chi connectivity index (χ1v) is 6.99. The van der Waals surface area contributed by atoms with Crippen molar-refractivity contribution in [2.45, 2.75) is 44.2 Å². The molecule has 1 saturated carbocycles. The molecule has 19 heavy (non-hydrogen) atoms. The number of amides is 1. The Bertz CT molecular complexity index is 445. The summed E-state index contributed by atoms with van der Waals surface area (Å²) in [6, 6.07) is 4.58. The third-order valence-corrected chi connectivity index (χ3v) is 3.70. The lowest BCUT2D eigenvalue weighted by atomic mass is 10.1. The summed E-state index contributed by atoms with van der Waals surface area (Å²) in [4.78, 5) is 12.1. The molecule has 5 heteroatoms. The summed E-state index contributed by atoms with van der Waals surface area (Å²) in [6.07, 6.45) is 4.22. The van der Waals surface area contributed by atoms with Crippen molar-refractivity contribution in [3.8, 4) is 0 Å². The van der Waals surface area contributed by atoms with Crippen LogP contribution in [0.2, 0.25) is 5.02 Å². The van der Waals surface area contributed by atoms with E-state index in [1.807, 2.05) is 0 Å². The van der Waals surface area contributed by atoms with E-state index in [0.717, 1.165) is 32.1 Å². The van der Waals surface area contributed by atoms with Gasteiger partial charge in [0.25, 0.3) is 5.91 Å². The van der Waals surface area contributed by atoms with Gasteiger partial charge in [0.15, 0.2) is 0 Å². The second-order valence-electron chi connectivity index (χ2n) is 5.06. The summed E-state index contributed by atoms with van der Waals surface area (Å²) in [7, 11) is 0. The quantitative estimate of drug-likeness (QED) is 0.576. The number of hydrogen-bond acceptors (Lipinski definition) is 3. The van der Waals surface area contributed by atoms with Crippen LogP contribution >= 0.6 is 11.6 Å². The molecule has 2 unspecified atom stereocenters. The summed E-state index contributed by atoms with van der Waals surface area (Å²) in [5.41, 5.74) is 6.56. The minimum atomic E-state index is -0.469. The first kappa shape index (κ1) is 14.2. The smallest absolute Gasteiger partial charge is 0.251 e. The van der Waals surface area contributed by atoms with E-state index < -0.39 is 6.10 Å². The van der Waals surface area contributed by atoms with Crippen LogP contribution in [0, 0.1) is 0 Å². The number of benzene rings is 1. The van der Waals surface area contributed by atoms with E-state index in [0.29, 0.717) is 16.3 Å². The van der Waals surface area contributed by atoms with Crippen LogP contribution in [-0.2, 0) is 0 Å². The van der Waals surface area contributed by atoms with E-state index in [1.165, 1.54) is 0 Å². The van der Waals surface area contributed by atoms with Gasteiger partial charge in [-0.25, -0.2) is 0 Å². The van der Waals surface area contributed by atoms with Crippen LogP contribution in [0.15, 0.2) is 18.2 Å². The molecule has 1 aromatic rings. The standard InChI is InChI=1S/C14H19ClN2O2/c15-10-6-9(7-11(16)8-10)14(19)17-12-4-2-1-3-5-13(12)18/h6-8,12-13,18H,1-5,16H2,(H,17,19). The van der Waals surface area contributed by atoms with Gasteiger partial charge in [-0.05, 0) is 31.0 Å². The maximum atomic E-state index is 12.1. The number of anilines is 1. The SMILES string of the molecule is Nc1cc(Cl)cc(C(=O)NC2CCCCCC2O)c1. The average Bonchev–Trinajstić information content (AvgIpc) is 2.54. The van der Waals surface area contributed by atoms with Gasteiger partial charge in [-0.2, -0.15) is 0 Å². The Morgan fingerprint density at radius 3 is 2.74 bits per heavy atom. The largest absolute Gasteiger partial charge is 0.399 e. The maximum Gasteiger partial charge on any atom is 0.251 e. The number of nitrogen functional groups attached to an aromatic ring is 1. The molecule has 1 amide bonds. The van der Waals surface area contributed by atoms with E-state index in [1.54, 1.807) is 18.2 Å². The molecule has 4 N–H and O–H groups in total. The molecule has 1 aromatic carbocycles. The molecule has 0 aliphatic heterocycles. The highest BCUT2D eigenvalue weighted by Crippen LogP contribution is 2.20. The topological polar surface area (TPSA) is 75.4 Å². The third-order valence-electron chi connectivity index (χ3n) is 3.48. The lowest BCUT2D eigenvalue weighted by Gasteiger charge is -2.21. The van der Waals surface area contributed by atoms with Crippen molar-refractivity contribution in [2.75, 3.05) is 5.73 Å². The monoisotopic (exact) mass is 282 g/mol. The molecule has 2 rings (SSSR count). The molecule has 0 spiro atoms. The number of carbonyl (C=O) groups is 1. The average molecular weight is 283 g/mol. The molecule has 2 atom stereocenters. The number of nitrogens with two attached hydrogens (primary N) is 1. The van der Waals surface area contributed by atoms with Crippen molar-refractivity contribution in [1.82, 2.24) is 5.32 Å². The molecule has 104 valence electrons. The van der Waals surface area contributed by atoms with Gasteiger partial charge < -0.3 is 16.2 Å².